The van der Waals surface area contributed by atoms with Crippen LogP contribution >= 0.6 is 0 Å². The smallest absolute Gasteiger partial charge is 0.00992 e. The van der Waals surface area contributed by atoms with Crippen LogP contribution in [0.5, 0.6) is 0 Å². The normalized spacial score (nSPS) is 30.3. The van der Waals surface area contributed by atoms with E-state index in [4.69, 9.17) is 5.73 Å². The van der Waals surface area contributed by atoms with Crippen LogP contribution in [-0.4, -0.2) is 0 Å². The zero-order valence-corrected chi connectivity index (χ0v) is 12.4. The first kappa shape index (κ1) is 13.9. The van der Waals surface area contributed by atoms with E-state index in [1.165, 1.54) is 16.7 Å². The molecule has 2 N–H and O–H groups in total. The van der Waals surface area contributed by atoms with Gasteiger partial charge < -0.3 is 5.73 Å². The maximum Gasteiger partial charge on any atom is 0.00992 e. The third kappa shape index (κ3) is 3.09. The molecule has 2 aliphatic rings. The highest BCUT2D eigenvalue weighted by molar-refractivity contribution is 5.49. The van der Waals surface area contributed by atoms with E-state index in [-0.39, 0.29) is 10.8 Å². The molecule has 2 rings (SSSR count). The van der Waals surface area contributed by atoms with Crippen molar-refractivity contribution in [1.82, 2.24) is 0 Å². The summed E-state index contributed by atoms with van der Waals surface area (Å²) in [6, 6.07) is 0. The standard InChI is InChI=1S/C18H25N/c1-13-9-17(3,4)10-14(2)16(13)12-18(5)8-6-7-15(19)11-18/h6-8,12H,1-2,9-11,19H2,3-5H3. The summed E-state index contributed by atoms with van der Waals surface area (Å²) >= 11 is 0. The van der Waals surface area contributed by atoms with Crippen LogP contribution in [0.15, 0.2) is 59.9 Å². The molecule has 0 heterocycles. The SMILES string of the molecule is C=C1CC(C)(C)CC(=C)C1=CC1(C)C=CC=C(N)C1. The summed E-state index contributed by atoms with van der Waals surface area (Å²) in [5, 5.41) is 0. The fraction of sp³-hybridized carbons (Fsp3) is 0.444. The Morgan fingerprint density at radius 2 is 1.68 bits per heavy atom. The summed E-state index contributed by atoms with van der Waals surface area (Å²) in [6.07, 6.45) is 11.5. The largest absolute Gasteiger partial charge is 0.402 e. The molecule has 0 aliphatic heterocycles. The molecule has 2 aliphatic carbocycles. The third-order valence-electron chi connectivity index (χ3n) is 3.99. The lowest BCUT2D eigenvalue weighted by Gasteiger charge is -2.36. The first-order valence-electron chi connectivity index (χ1n) is 6.94. The average molecular weight is 255 g/mol. The summed E-state index contributed by atoms with van der Waals surface area (Å²) in [5.74, 6) is 0. The summed E-state index contributed by atoms with van der Waals surface area (Å²) in [6.45, 7) is 15.3. The molecular formula is C18H25N. The monoisotopic (exact) mass is 255 g/mol. The van der Waals surface area contributed by atoms with Gasteiger partial charge in [-0.2, -0.15) is 0 Å². The van der Waals surface area contributed by atoms with E-state index in [0.717, 1.165) is 25.0 Å². The fourth-order valence-corrected chi connectivity index (χ4v) is 3.24. The van der Waals surface area contributed by atoms with Gasteiger partial charge in [0.15, 0.2) is 0 Å². The van der Waals surface area contributed by atoms with Gasteiger partial charge >= 0.3 is 0 Å². The Balaban J connectivity index is 2.29. The van der Waals surface area contributed by atoms with E-state index < -0.39 is 0 Å². The highest BCUT2D eigenvalue weighted by Crippen LogP contribution is 2.45. The van der Waals surface area contributed by atoms with Crippen molar-refractivity contribution in [3.8, 4) is 0 Å². The predicted octanol–water partition coefficient (Wildman–Crippen LogP) is 4.65. The lowest BCUT2D eigenvalue weighted by atomic mass is 9.69. The van der Waals surface area contributed by atoms with Gasteiger partial charge in [0.2, 0.25) is 0 Å². The van der Waals surface area contributed by atoms with Crippen LogP contribution in [0.4, 0.5) is 0 Å². The van der Waals surface area contributed by atoms with Crippen molar-refractivity contribution in [2.75, 3.05) is 0 Å². The van der Waals surface area contributed by atoms with Crippen molar-refractivity contribution >= 4 is 0 Å². The fourth-order valence-electron chi connectivity index (χ4n) is 3.24. The van der Waals surface area contributed by atoms with E-state index in [1.54, 1.807) is 0 Å². The Morgan fingerprint density at radius 3 is 2.21 bits per heavy atom. The summed E-state index contributed by atoms with van der Waals surface area (Å²) in [5.41, 5.74) is 10.9. The Labute approximate surface area is 117 Å². The minimum atomic E-state index is -0.0124. The molecule has 0 saturated heterocycles. The van der Waals surface area contributed by atoms with Gasteiger partial charge in [0.1, 0.15) is 0 Å². The number of hydrogen-bond donors (Lipinski definition) is 1. The zero-order valence-electron chi connectivity index (χ0n) is 12.4. The molecular weight excluding hydrogens is 230 g/mol. The maximum atomic E-state index is 5.96. The number of hydrogen-bond acceptors (Lipinski definition) is 1. The van der Waals surface area contributed by atoms with Crippen LogP contribution in [0.1, 0.15) is 40.0 Å². The van der Waals surface area contributed by atoms with E-state index in [0.29, 0.717) is 0 Å². The molecule has 1 heteroatoms. The van der Waals surface area contributed by atoms with Gasteiger partial charge in [0, 0.05) is 11.1 Å². The third-order valence-corrected chi connectivity index (χ3v) is 3.99. The van der Waals surface area contributed by atoms with Gasteiger partial charge in [-0.25, -0.2) is 0 Å². The molecule has 19 heavy (non-hydrogen) atoms. The molecule has 1 fully saturated rings. The second-order valence-electron chi connectivity index (χ2n) is 7.07. The molecule has 0 bridgehead atoms. The van der Waals surface area contributed by atoms with Crippen LogP contribution in [0, 0.1) is 10.8 Å². The molecule has 0 amide bonds. The highest BCUT2D eigenvalue weighted by Gasteiger charge is 2.31. The number of allylic oxidation sites excluding steroid dienone is 8. The van der Waals surface area contributed by atoms with E-state index in [2.05, 4.69) is 46.1 Å². The van der Waals surface area contributed by atoms with Crippen molar-refractivity contribution in [2.45, 2.75) is 40.0 Å². The Kier molecular flexibility index (Phi) is 3.34. The van der Waals surface area contributed by atoms with Crippen molar-refractivity contribution in [3.05, 3.63) is 59.9 Å². The first-order chi connectivity index (χ1) is 8.71. The minimum absolute atomic E-state index is 0.0124. The molecule has 0 aromatic carbocycles. The maximum absolute atomic E-state index is 5.96. The molecule has 0 aromatic heterocycles. The van der Waals surface area contributed by atoms with Crippen LogP contribution in [-0.2, 0) is 0 Å². The lowest BCUT2D eigenvalue weighted by Crippen LogP contribution is -2.23. The first-order valence-corrected chi connectivity index (χ1v) is 6.94. The Bertz CT molecular complexity index is 492. The molecule has 102 valence electrons. The molecule has 0 radical (unpaired) electrons. The van der Waals surface area contributed by atoms with Crippen molar-refractivity contribution in [3.63, 3.8) is 0 Å². The van der Waals surface area contributed by atoms with Gasteiger partial charge in [-0.1, -0.05) is 52.2 Å². The van der Waals surface area contributed by atoms with Crippen LogP contribution in [0.25, 0.3) is 0 Å². The van der Waals surface area contributed by atoms with Crippen LogP contribution in [0.3, 0.4) is 0 Å². The quantitative estimate of drug-likeness (QED) is 0.725. The molecule has 1 saturated carbocycles. The van der Waals surface area contributed by atoms with Crippen LogP contribution < -0.4 is 5.73 Å². The molecule has 1 nitrogen and oxygen atoms in total. The summed E-state index contributed by atoms with van der Waals surface area (Å²) < 4.78 is 0. The van der Waals surface area contributed by atoms with E-state index in [1.807, 2.05) is 12.2 Å². The minimum Gasteiger partial charge on any atom is -0.402 e. The van der Waals surface area contributed by atoms with Crippen molar-refractivity contribution < 1.29 is 0 Å². The van der Waals surface area contributed by atoms with Gasteiger partial charge in [0.25, 0.3) is 0 Å². The van der Waals surface area contributed by atoms with Crippen molar-refractivity contribution in [2.24, 2.45) is 16.6 Å². The Morgan fingerprint density at radius 1 is 1.11 bits per heavy atom. The van der Waals surface area contributed by atoms with Gasteiger partial charge in [-0.3, -0.25) is 0 Å². The Hall–Kier alpha value is -1.50. The van der Waals surface area contributed by atoms with Crippen LogP contribution in [0.2, 0.25) is 0 Å². The second-order valence-corrected chi connectivity index (χ2v) is 7.07. The van der Waals surface area contributed by atoms with Gasteiger partial charge in [0.05, 0.1) is 0 Å². The number of rotatable bonds is 1. The van der Waals surface area contributed by atoms with Gasteiger partial charge in [-0.05, 0) is 47.5 Å². The highest BCUT2D eigenvalue weighted by atomic mass is 14.6. The molecule has 1 unspecified atom stereocenters. The number of nitrogens with two attached hydrogens (primary N) is 1. The van der Waals surface area contributed by atoms with E-state index >= 15 is 0 Å². The van der Waals surface area contributed by atoms with Crippen molar-refractivity contribution in [1.29, 1.82) is 0 Å². The summed E-state index contributed by atoms with van der Waals surface area (Å²) in [4.78, 5) is 0. The molecule has 0 spiro atoms. The predicted molar refractivity (Wildman–Crippen MR) is 83.5 cm³/mol. The van der Waals surface area contributed by atoms with Gasteiger partial charge in [-0.15, -0.1) is 0 Å². The average Bonchev–Trinajstić information content (AvgIpc) is 2.22. The lowest BCUT2D eigenvalue weighted by molar-refractivity contribution is 0.348. The summed E-state index contributed by atoms with van der Waals surface area (Å²) in [7, 11) is 0. The second kappa shape index (κ2) is 4.56. The molecule has 1 atom stereocenters. The van der Waals surface area contributed by atoms with E-state index in [9.17, 15) is 0 Å². The molecule has 0 aromatic rings. The zero-order chi connectivity index (χ0) is 14.3. The topological polar surface area (TPSA) is 26.0 Å².